The van der Waals surface area contributed by atoms with E-state index in [1.807, 2.05) is 6.07 Å². The van der Waals surface area contributed by atoms with Crippen LogP contribution < -0.4 is 5.32 Å². The molecule has 4 heteroatoms. The maximum absolute atomic E-state index is 5.86. The number of hydrogen-bond acceptors (Lipinski definition) is 4. The smallest absolute Gasteiger partial charge is 0.0888 e. The lowest BCUT2D eigenvalue weighted by Gasteiger charge is -2.32. The SMILES string of the molecule is CCNCc1cccc(COCC2CCCCN2C)n1. The quantitative estimate of drug-likeness (QED) is 0.829. The van der Waals surface area contributed by atoms with Crippen LogP contribution in [0.1, 0.15) is 37.6 Å². The number of ether oxygens (including phenoxy) is 1. The maximum atomic E-state index is 5.86. The van der Waals surface area contributed by atoms with E-state index in [4.69, 9.17) is 4.74 Å². The highest BCUT2D eigenvalue weighted by Gasteiger charge is 2.18. The average molecular weight is 277 g/mol. The van der Waals surface area contributed by atoms with Crippen molar-refractivity contribution in [3.63, 3.8) is 0 Å². The molecule has 1 saturated heterocycles. The summed E-state index contributed by atoms with van der Waals surface area (Å²) in [4.78, 5) is 7.03. The minimum atomic E-state index is 0.577. The van der Waals surface area contributed by atoms with Gasteiger partial charge in [0, 0.05) is 12.6 Å². The van der Waals surface area contributed by atoms with Crippen LogP contribution in [-0.2, 0) is 17.9 Å². The van der Waals surface area contributed by atoms with Gasteiger partial charge < -0.3 is 15.0 Å². The van der Waals surface area contributed by atoms with Crippen LogP contribution in [0.5, 0.6) is 0 Å². The molecular formula is C16H27N3O. The van der Waals surface area contributed by atoms with Crippen molar-refractivity contribution in [2.75, 3.05) is 26.7 Å². The lowest BCUT2D eigenvalue weighted by atomic mass is 10.0. The fraction of sp³-hybridized carbons (Fsp3) is 0.688. The molecule has 0 aliphatic carbocycles. The third-order valence-corrected chi connectivity index (χ3v) is 3.90. The molecule has 1 aliphatic heterocycles. The van der Waals surface area contributed by atoms with Gasteiger partial charge in [0.05, 0.1) is 24.6 Å². The number of pyridine rings is 1. The summed E-state index contributed by atoms with van der Waals surface area (Å²) in [6, 6.07) is 6.74. The highest BCUT2D eigenvalue weighted by atomic mass is 16.5. The zero-order valence-corrected chi connectivity index (χ0v) is 12.8. The first kappa shape index (κ1) is 15.4. The summed E-state index contributed by atoms with van der Waals surface area (Å²) in [6.45, 7) is 6.53. The molecule has 0 bridgehead atoms. The Morgan fingerprint density at radius 1 is 1.35 bits per heavy atom. The van der Waals surface area contributed by atoms with Gasteiger partial charge in [-0.3, -0.25) is 4.98 Å². The van der Waals surface area contributed by atoms with Gasteiger partial charge >= 0.3 is 0 Å². The summed E-state index contributed by atoms with van der Waals surface area (Å²) in [5.74, 6) is 0. The molecule has 0 spiro atoms. The number of nitrogens with zero attached hydrogens (tertiary/aromatic N) is 2. The van der Waals surface area contributed by atoms with Gasteiger partial charge in [-0.1, -0.05) is 19.4 Å². The molecule has 4 nitrogen and oxygen atoms in total. The first-order valence-corrected chi connectivity index (χ1v) is 7.73. The predicted octanol–water partition coefficient (Wildman–Crippen LogP) is 2.19. The summed E-state index contributed by atoms with van der Waals surface area (Å²) in [7, 11) is 2.20. The van der Waals surface area contributed by atoms with Crippen molar-refractivity contribution in [2.24, 2.45) is 0 Å². The minimum Gasteiger partial charge on any atom is -0.374 e. The van der Waals surface area contributed by atoms with E-state index in [1.165, 1.54) is 25.8 Å². The Balaban J connectivity index is 1.75. The Labute approximate surface area is 122 Å². The van der Waals surface area contributed by atoms with Crippen molar-refractivity contribution in [2.45, 2.75) is 45.4 Å². The molecular weight excluding hydrogens is 250 g/mol. The number of piperidine rings is 1. The van der Waals surface area contributed by atoms with Gasteiger partial charge in [-0.05, 0) is 45.1 Å². The van der Waals surface area contributed by atoms with Crippen LogP contribution in [0.2, 0.25) is 0 Å². The predicted molar refractivity (Wildman–Crippen MR) is 81.5 cm³/mol. The zero-order valence-electron chi connectivity index (χ0n) is 12.8. The zero-order chi connectivity index (χ0) is 14.2. The number of likely N-dealkylation sites (tertiary alicyclic amines) is 1. The van der Waals surface area contributed by atoms with E-state index in [0.717, 1.165) is 31.1 Å². The van der Waals surface area contributed by atoms with Crippen molar-refractivity contribution in [1.29, 1.82) is 0 Å². The third-order valence-electron chi connectivity index (χ3n) is 3.90. The van der Waals surface area contributed by atoms with E-state index in [1.54, 1.807) is 0 Å². The standard InChI is InChI=1S/C16H27N3O/c1-3-17-11-14-7-6-8-15(18-14)12-20-13-16-9-4-5-10-19(16)2/h6-8,16-17H,3-5,9-13H2,1-2H3. The Morgan fingerprint density at radius 2 is 2.20 bits per heavy atom. The second-order valence-electron chi connectivity index (χ2n) is 5.55. The van der Waals surface area contributed by atoms with E-state index < -0.39 is 0 Å². The van der Waals surface area contributed by atoms with Crippen LogP contribution in [0.4, 0.5) is 0 Å². The van der Waals surface area contributed by atoms with Crippen LogP contribution in [-0.4, -0.2) is 42.7 Å². The Morgan fingerprint density at radius 3 is 3.00 bits per heavy atom. The number of aromatic nitrogens is 1. The molecule has 0 radical (unpaired) electrons. The largest absolute Gasteiger partial charge is 0.374 e. The summed E-state index contributed by atoms with van der Waals surface area (Å²) < 4.78 is 5.86. The van der Waals surface area contributed by atoms with Crippen molar-refractivity contribution >= 4 is 0 Å². The van der Waals surface area contributed by atoms with Gasteiger partial charge in [-0.25, -0.2) is 0 Å². The summed E-state index contributed by atoms with van der Waals surface area (Å²) in [6.07, 6.45) is 3.90. The molecule has 1 aromatic heterocycles. The van der Waals surface area contributed by atoms with Gasteiger partial charge in [-0.15, -0.1) is 0 Å². The average Bonchev–Trinajstić information content (AvgIpc) is 2.48. The van der Waals surface area contributed by atoms with Gasteiger partial charge in [-0.2, -0.15) is 0 Å². The fourth-order valence-electron chi connectivity index (χ4n) is 2.62. The normalized spacial score (nSPS) is 20.2. The van der Waals surface area contributed by atoms with Gasteiger partial charge in [0.25, 0.3) is 0 Å². The van der Waals surface area contributed by atoms with Crippen LogP contribution in [0.15, 0.2) is 18.2 Å². The molecule has 0 amide bonds. The number of rotatable bonds is 7. The molecule has 2 rings (SSSR count). The molecule has 1 atom stereocenters. The van der Waals surface area contributed by atoms with E-state index >= 15 is 0 Å². The fourth-order valence-corrected chi connectivity index (χ4v) is 2.62. The van der Waals surface area contributed by atoms with Gasteiger partial charge in [0.15, 0.2) is 0 Å². The molecule has 20 heavy (non-hydrogen) atoms. The monoisotopic (exact) mass is 277 g/mol. The lowest BCUT2D eigenvalue weighted by molar-refractivity contribution is 0.0430. The molecule has 1 N–H and O–H groups in total. The Bertz CT molecular complexity index is 397. The molecule has 1 aromatic rings. The summed E-state index contributed by atoms with van der Waals surface area (Å²) in [5.41, 5.74) is 2.11. The van der Waals surface area contributed by atoms with Crippen molar-refractivity contribution < 1.29 is 4.74 Å². The Kier molecular flexibility index (Phi) is 6.43. The topological polar surface area (TPSA) is 37.4 Å². The molecule has 0 aromatic carbocycles. The molecule has 1 unspecified atom stereocenters. The van der Waals surface area contributed by atoms with E-state index in [0.29, 0.717) is 12.6 Å². The van der Waals surface area contributed by atoms with Crippen LogP contribution in [0.25, 0.3) is 0 Å². The van der Waals surface area contributed by atoms with E-state index in [2.05, 4.69) is 41.3 Å². The first-order valence-electron chi connectivity index (χ1n) is 7.73. The number of nitrogens with one attached hydrogen (secondary N) is 1. The molecule has 2 heterocycles. The van der Waals surface area contributed by atoms with Crippen molar-refractivity contribution in [3.8, 4) is 0 Å². The lowest BCUT2D eigenvalue weighted by Crippen LogP contribution is -2.39. The second kappa shape index (κ2) is 8.35. The molecule has 1 fully saturated rings. The highest BCUT2D eigenvalue weighted by Crippen LogP contribution is 2.15. The number of likely N-dealkylation sites (N-methyl/N-ethyl adjacent to an activating group) is 1. The maximum Gasteiger partial charge on any atom is 0.0888 e. The van der Waals surface area contributed by atoms with Gasteiger partial charge in [0.1, 0.15) is 0 Å². The first-order chi connectivity index (χ1) is 9.79. The Hall–Kier alpha value is -0.970. The van der Waals surface area contributed by atoms with Crippen molar-refractivity contribution in [1.82, 2.24) is 15.2 Å². The van der Waals surface area contributed by atoms with Crippen LogP contribution in [0.3, 0.4) is 0 Å². The molecule has 112 valence electrons. The van der Waals surface area contributed by atoms with Crippen LogP contribution in [0, 0.1) is 0 Å². The van der Waals surface area contributed by atoms with E-state index in [-0.39, 0.29) is 0 Å². The third kappa shape index (κ3) is 4.85. The summed E-state index contributed by atoms with van der Waals surface area (Å²) >= 11 is 0. The van der Waals surface area contributed by atoms with E-state index in [9.17, 15) is 0 Å². The highest BCUT2D eigenvalue weighted by molar-refractivity contribution is 5.10. The van der Waals surface area contributed by atoms with Crippen molar-refractivity contribution in [3.05, 3.63) is 29.6 Å². The molecule has 0 saturated carbocycles. The van der Waals surface area contributed by atoms with Gasteiger partial charge in [0.2, 0.25) is 0 Å². The number of hydrogen-bond donors (Lipinski definition) is 1. The van der Waals surface area contributed by atoms with Crippen LogP contribution >= 0.6 is 0 Å². The summed E-state index contributed by atoms with van der Waals surface area (Å²) in [5, 5.41) is 3.30. The second-order valence-corrected chi connectivity index (χ2v) is 5.55. The minimum absolute atomic E-state index is 0.577. The molecule has 1 aliphatic rings.